The van der Waals surface area contributed by atoms with Crippen molar-refractivity contribution < 1.29 is 4.74 Å². The summed E-state index contributed by atoms with van der Waals surface area (Å²) in [7, 11) is 1.83. The first-order valence-corrected chi connectivity index (χ1v) is 9.27. The van der Waals surface area contributed by atoms with Crippen molar-refractivity contribution in [2.45, 2.75) is 59.2 Å². The van der Waals surface area contributed by atoms with E-state index in [1.807, 2.05) is 7.05 Å². The molecule has 24 heavy (non-hydrogen) atoms. The Labute approximate surface area is 166 Å². The van der Waals surface area contributed by atoms with E-state index < -0.39 is 0 Å². The third kappa shape index (κ3) is 3.72. The van der Waals surface area contributed by atoms with Gasteiger partial charge in [-0.05, 0) is 26.7 Å². The third-order valence-electron chi connectivity index (χ3n) is 5.33. The monoisotopic (exact) mass is 464 g/mol. The van der Waals surface area contributed by atoms with Crippen LogP contribution in [0.15, 0.2) is 4.99 Å². The molecule has 7 heteroatoms. The molecule has 2 N–H and O–H groups in total. The number of thiazole rings is 1. The van der Waals surface area contributed by atoms with Crippen molar-refractivity contribution in [3.8, 4) is 0 Å². The number of aliphatic imine (C=N–C) groups is 1. The topological polar surface area (TPSA) is 58.5 Å². The molecule has 1 aliphatic carbocycles. The fourth-order valence-electron chi connectivity index (χ4n) is 3.93. The number of fused-ring (bicyclic) bond motifs is 1. The Morgan fingerprint density at radius 3 is 2.79 bits per heavy atom. The molecular weight excluding hydrogens is 435 g/mol. The molecule has 0 aromatic carbocycles. The second-order valence-electron chi connectivity index (χ2n) is 7.22. The van der Waals surface area contributed by atoms with Crippen LogP contribution >= 0.6 is 35.3 Å². The van der Waals surface area contributed by atoms with Crippen LogP contribution < -0.4 is 10.6 Å². The van der Waals surface area contributed by atoms with Crippen LogP contribution in [-0.2, 0) is 11.3 Å². The Balaban J connectivity index is 0.00000208. The first-order chi connectivity index (χ1) is 10.9. The zero-order valence-corrected chi connectivity index (χ0v) is 18.3. The maximum Gasteiger partial charge on any atom is 0.191 e. The van der Waals surface area contributed by atoms with Crippen LogP contribution in [0.2, 0.25) is 0 Å². The number of aryl methyl sites for hydroxylation is 2. The van der Waals surface area contributed by atoms with Crippen LogP contribution in [0.1, 0.15) is 42.3 Å². The molecule has 136 valence electrons. The summed E-state index contributed by atoms with van der Waals surface area (Å²) in [5.41, 5.74) is 1.27. The molecule has 1 aromatic heterocycles. The summed E-state index contributed by atoms with van der Waals surface area (Å²) < 4.78 is 5.97. The van der Waals surface area contributed by atoms with Crippen LogP contribution in [0.4, 0.5) is 0 Å². The van der Waals surface area contributed by atoms with Gasteiger partial charge in [0.25, 0.3) is 0 Å². The quantitative estimate of drug-likeness (QED) is 0.410. The Kier molecular flexibility index (Phi) is 6.52. The third-order valence-corrected chi connectivity index (χ3v) is 6.40. The number of nitrogens with zero attached hydrogens (tertiary/aromatic N) is 2. The molecular formula is C17H29IN4OS. The average Bonchev–Trinajstić information content (AvgIpc) is 2.86. The van der Waals surface area contributed by atoms with Crippen molar-refractivity contribution in [2.75, 3.05) is 13.7 Å². The van der Waals surface area contributed by atoms with Crippen molar-refractivity contribution in [1.29, 1.82) is 0 Å². The van der Waals surface area contributed by atoms with E-state index >= 15 is 0 Å². The highest BCUT2D eigenvalue weighted by molar-refractivity contribution is 14.0. The van der Waals surface area contributed by atoms with Crippen molar-refractivity contribution in [3.63, 3.8) is 0 Å². The second kappa shape index (κ2) is 7.86. The van der Waals surface area contributed by atoms with Gasteiger partial charge in [0.05, 0.1) is 18.3 Å². The van der Waals surface area contributed by atoms with Gasteiger partial charge in [0.1, 0.15) is 5.01 Å². The van der Waals surface area contributed by atoms with E-state index in [0.29, 0.717) is 18.1 Å². The maximum absolute atomic E-state index is 5.97. The van der Waals surface area contributed by atoms with Gasteiger partial charge >= 0.3 is 0 Å². The number of rotatable bonds is 3. The smallest absolute Gasteiger partial charge is 0.191 e. The zero-order chi connectivity index (χ0) is 16.6. The normalized spacial score (nSPS) is 28.4. The lowest BCUT2D eigenvalue weighted by Gasteiger charge is -2.60. The van der Waals surface area contributed by atoms with Gasteiger partial charge in [0.2, 0.25) is 0 Å². The molecule has 1 saturated carbocycles. The average molecular weight is 464 g/mol. The molecule has 1 saturated heterocycles. The Morgan fingerprint density at radius 2 is 2.17 bits per heavy atom. The number of ether oxygens (including phenoxy) is 1. The molecule has 0 radical (unpaired) electrons. The molecule has 5 nitrogen and oxygen atoms in total. The minimum absolute atomic E-state index is 0. The summed E-state index contributed by atoms with van der Waals surface area (Å²) in [5, 5.41) is 8.13. The number of guanidine groups is 1. The van der Waals surface area contributed by atoms with Crippen molar-refractivity contribution in [1.82, 2.24) is 15.6 Å². The van der Waals surface area contributed by atoms with Crippen LogP contribution in [-0.4, -0.2) is 36.7 Å². The van der Waals surface area contributed by atoms with Gasteiger partial charge < -0.3 is 15.4 Å². The van der Waals surface area contributed by atoms with Gasteiger partial charge in [-0.2, -0.15) is 0 Å². The summed E-state index contributed by atoms with van der Waals surface area (Å²) in [5.74, 6) is 1.46. The highest BCUT2D eigenvalue weighted by atomic mass is 127. The Bertz CT molecular complexity index is 582. The predicted molar refractivity (Wildman–Crippen MR) is 110 cm³/mol. The van der Waals surface area contributed by atoms with E-state index in [4.69, 9.17) is 4.74 Å². The predicted octanol–water partition coefficient (Wildman–Crippen LogP) is 3.25. The molecule has 3 unspecified atom stereocenters. The minimum atomic E-state index is 0. The largest absolute Gasteiger partial charge is 0.377 e. The fourth-order valence-corrected chi connectivity index (χ4v) is 4.81. The van der Waals surface area contributed by atoms with E-state index in [1.54, 1.807) is 11.3 Å². The zero-order valence-electron chi connectivity index (χ0n) is 15.2. The summed E-state index contributed by atoms with van der Waals surface area (Å²) in [4.78, 5) is 10.2. The van der Waals surface area contributed by atoms with Gasteiger partial charge in [-0.15, -0.1) is 35.3 Å². The van der Waals surface area contributed by atoms with Crippen LogP contribution in [0, 0.1) is 25.2 Å². The van der Waals surface area contributed by atoms with E-state index in [2.05, 4.69) is 48.3 Å². The molecule has 1 aliphatic heterocycles. The molecule has 0 spiro atoms. The van der Waals surface area contributed by atoms with E-state index in [9.17, 15) is 0 Å². The number of aromatic nitrogens is 1. The number of hydrogen-bond donors (Lipinski definition) is 2. The highest BCUT2D eigenvalue weighted by Crippen LogP contribution is 2.51. The van der Waals surface area contributed by atoms with Crippen molar-refractivity contribution in [2.24, 2.45) is 16.3 Å². The minimum Gasteiger partial charge on any atom is -0.377 e. The Hall–Kier alpha value is -0.410. The standard InChI is InChI=1S/C17H28N4OS.HI/c1-10-11(2)23-13(20-10)9-19-16(18-5)21-14-12-7-6-8-22-15(12)17(14,3)4;/h12,14-15H,6-9H2,1-5H3,(H2,18,19,21);1H. The first kappa shape index (κ1) is 19.9. The molecule has 3 rings (SSSR count). The first-order valence-electron chi connectivity index (χ1n) is 8.45. The summed E-state index contributed by atoms with van der Waals surface area (Å²) >= 11 is 1.75. The van der Waals surface area contributed by atoms with Gasteiger partial charge in [0.15, 0.2) is 5.96 Å². The van der Waals surface area contributed by atoms with Crippen molar-refractivity contribution >= 4 is 41.3 Å². The maximum atomic E-state index is 5.97. The lowest BCUT2D eigenvalue weighted by Crippen LogP contribution is -2.70. The van der Waals surface area contributed by atoms with Gasteiger partial charge in [0, 0.05) is 35.9 Å². The Morgan fingerprint density at radius 1 is 1.42 bits per heavy atom. The molecule has 1 aromatic rings. The van der Waals surface area contributed by atoms with Gasteiger partial charge in [-0.3, -0.25) is 4.99 Å². The highest BCUT2D eigenvalue weighted by Gasteiger charge is 2.58. The van der Waals surface area contributed by atoms with Gasteiger partial charge in [-0.25, -0.2) is 4.98 Å². The number of hydrogen-bond acceptors (Lipinski definition) is 4. The van der Waals surface area contributed by atoms with Crippen LogP contribution in [0.25, 0.3) is 0 Å². The van der Waals surface area contributed by atoms with E-state index in [0.717, 1.165) is 29.8 Å². The SMILES string of the molecule is CN=C(NCc1nc(C)c(C)s1)NC1C2CCCOC2C1(C)C.I. The lowest BCUT2D eigenvalue weighted by atomic mass is 9.55. The molecule has 2 fully saturated rings. The van der Waals surface area contributed by atoms with Crippen LogP contribution in [0.5, 0.6) is 0 Å². The molecule has 2 aliphatic rings. The van der Waals surface area contributed by atoms with E-state index in [-0.39, 0.29) is 29.4 Å². The summed E-state index contributed by atoms with van der Waals surface area (Å²) in [6.07, 6.45) is 2.79. The second-order valence-corrected chi connectivity index (χ2v) is 8.50. The van der Waals surface area contributed by atoms with E-state index in [1.165, 1.54) is 17.7 Å². The van der Waals surface area contributed by atoms with Crippen molar-refractivity contribution in [3.05, 3.63) is 15.6 Å². The molecule has 0 amide bonds. The lowest BCUT2D eigenvalue weighted by molar-refractivity contribution is -0.188. The summed E-state index contributed by atoms with van der Waals surface area (Å²) in [6, 6.07) is 0.416. The molecule has 2 heterocycles. The molecule has 0 bridgehead atoms. The molecule has 3 atom stereocenters. The number of nitrogens with one attached hydrogen (secondary N) is 2. The van der Waals surface area contributed by atoms with Gasteiger partial charge in [-0.1, -0.05) is 13.8 Å². The fraction of sp³-hybridized carbons (Fsp3) is 0.765. The van der Waals surface area contributed by atoms with Crippen LogP contribution in [0.3, 0.4) is 0 Å². The summed E-state index contributed by atoms with van der Waals surface area (Å²) in [6.45, 7) is 10.4. The number of halogens is 1.